The van der Waals surface area contributed by atoms with Gasteiger partial charge in [-0.3, -0.25) is 4.79 Å². The van der Waals surface area contributed by atoms with Gasteiger partial charge in [-0.25, -0.2) is 0 Å². The predicted molar refractivity (Wildman–Crippen MR) is 78.7 cm³/mol. The van der Waals surface area contributed by atoms with E-state index in [0.29, 0.717) is 27.8 Å². The van der Waals surface area contributed by atoms with E-state index in [0.717, 1.165) is 5.56 Å². The van der Waals surface area contributed by atoms with Crippen LogP contribution < -0.4 is 11.1 Å². The van der Waals surface area contributed by atoms with Gasteiger partial charge < -0.3 is 11.1 Å². The van der Waals surface area contributed by atoms with Gasteiger partial charge in [0, 0.05) is 27.8 Å². The minimum Gasteiger partial charge on any atom is -0.326 e. The van der Waals surface area contributed by atoms with E-state index in [9.17, 15) is 4.79 Å². The van der Waals surface area contributed by atoms with Gasteiger partial charge in [0.2, 0.25) is 0 Å². The minimum absolute atomic E-state index is 0.237. The van der Waals surface area contributed by atoms with Crippen molar-refractivity contribution in [1.29, 1.82) is 0 Å². The molecule has 2 rings (SSSR count). The normalized spacial score (nSPS) is 10.3. The molecule has 5 heteroatoms. The van der Waals surface area contributed by atoms with Crippen LogP contribution in [0.1, 0.15) is 15.9 Å². The first-order valence-corrected chi connectivity index (χ1v) is 6.41. The molecule has 0 heterocycles. The average molecular weight is 295 g/mol. The summed E-state index contributed by atoms with van der Waals surface area (Å²) < 4.78 is 0. The van der Waals surface area contributed by atoms with Crippen LogP contribution in [0.25, 0.3) is 0 Å². The van der Waals surface area contributed by atoms with E-state index in [1.54, 1.807) is 30.3 Å². The maximum Gasteiger partial charge on any atom is 0.255 e. The van der Waals surface area contributed by atoms with E-state index in [1.807, 2.05) is 12.1 Å². The van der Waals surface area contributed by atoms with Crippen LogP contribution in [0.4, 0.5) is 5.69 Å². The molecule has 19 heavy (non-hydrogen) atoms. The Kier molecular flexibility index (Phi) is 4.43. The van der Waals surface area contributed by atoms with Crippen molar-refractivity contribution in [2.24, 2.45) is 5.73 Å². The molecule has 0 unspecified atom stereocenters. The lowest BCUT2D eigenvalue weighted by Crippen LogP contribution is -2.15. The maximum absolute atomic E-state index is 12.2. The Balaban J connectivity index is 2.25. The van der Waals surface area contributed by atoms with Gasteiger partial charge in [0.05, 0.1) is 0 Å². The lowest BCUT2D eigenvalue weighted by Gasteiger charge is -2.09. The number of amides is 1. The zero-order chi connectivity index (χ0) is 13.8. The number of halogens is 2. The summed E-state index contributed by atoms with van der Waals surface area (Å²) >= 11 is 11.8. The van der Waals surface area contributed by atoms with Gasteiger partial charge >= 0.3 is 0 Å². The third kappa shape index (κ3) is 3.47. The van der Waals surface area contributed by atoms with Gasteiger partial charge in [0.1, 0.15) is 0 Å². The lowest BCUT2D eigenvalue weighted by molar-refractivity contribution is 0.102. The lowest BCUT2D eigenvalue weighted by atomic mass is 10.1. The highest BCUT2D eigenvalue weighted by atomic mass is 35.5. The van der Waals surface area contributed by atoms with Crippen molar-refractivity contribution < 1.29 is 4.79 Å². The number of hydrogen-bond acceptors (Lipinski definition) is 2. The molecule has 0 atom stereocenters. The molecule has 3 nitrogen and oxygen atoms in total. The molecule has 0 bridgehead atoms. The van der Waals surface area contributed by atoms with E-state index < -0.39 is 0 Å². The number of nitrogens with two attached hydrogens (primary N) is 1. The highest BCUT2D eigenvalue weighted by Crippen LogP contribution is 2.23. The standard InChI is InChI=1S/C14H12Cl2N2O/c15-10-5-11(16)7-12(6-10)18-14(19)13-4-2-1-3-9(13)8-17/h1-7H,8,17H2,(H,18,19). The third-order valence-electron chi connectivity index (χ3n) is 2.60. The summed E-state index contributed by atoms with van der Waals surface area (Å²) in [4.78, 5) is 12.2. The molecule has 1 amide bonds. The zero-order valence-electron chi connectivity index (χ0n) is 9.99. The van der Waals surface area contributed by atoms with Gasteiger partial charge in [-0.2, -0.15) is 0 Å². The van der Waals surface area contributed by atoms with Crippen molar-refractivity contribution in [1.82, 2.24) is 0 Å². The van der Waals surface area contributed by atoms with Crippen molar-refractivity contribution >= 4 is 34.8 Å². The van der Waals surface area contributed by atoms with Crippen LogP contribution in [0.2, 0.25) is 10.0 Å². The Morgan fingerprint density at radius 1 is 1.11 bits per heavy atom. The van der Waals surface area contributed by atoms with Crippen LogP contribution >= 0.6 is 23.2 Å². The number of nitrogens with one attached hydrogen (secondary N) is 1. The zero-order valence-corrected chi connectivity index (χ0v) is 11.5. The summed E-state index contributed by atoms with van der Waals surface area (Å²) in [5.74, 6) is -0.237. The van der Waals surface area contributed by atoms with E-state index in [2.05, 4.69) is 5.32 Å². The quantitative estimate of drug-likeness (QED) is 0.907. The molecule has 0 aliphatic rings. The summed E-state index contributed by atoms with van der Waals surface area (Å²) in [6, 6.07) is 12.1. The Labute approximate surface area is 121 Å². The smallest absolute Gasteiger partial charge is 0.255 e. The van der Waals surface area contributed by atoms with E-state index in [-0.39, 0.29) is 5.91 Å². The van der Waals surface area contributed by atoms with Crippen LogP contribution in [-0.4, -0.2) is 5.91 Å². The van der Waals surface area contributed by atoms with Crippen LogP contribution in [-0.2, 0) is 6.54 Å². The molecule has 0 radical (unpaired) electrons. The van der Waals surface area contributed by atoms with Gasteiger partial charge in [-0.15, -0.1) is 0 Å². The highest BCUT2D eigenvalue weighted by Gasteiger charge is 2.10. The first-order valence-electron chi connectivity index (χ1n) is 5.65. The summed E-state index contributed by atoms with van der Waals surface area (Å²) in [5, 5.41) is 3.69. The fourth-order valence-electron chi connectivity index (χ4n) is 1.74. The molecular weight excluding hydrogens is 283 g/mol. The number of carbonyl (C=O) groups is 1. The molecule has 2 aromatic carbocycles. The largest absolute Gasteiger partial charge is 0.326 e. The van der Waals surface area contributed by atoms with E-state index >= 15 is 0 Å². The molecule has 0 fully saturated rings. The summed E-state index contributed by atoms with van der Waals surface area (Å²) in [5.41, 5.74) is 7.49. The fraction of sp³-hybridized carbons (Fsp3) is 0.0714. The predicted octanol–water partition coefficient (Wildman–Crippen LogP) is 3.70. The molecule has 0 aliphatic heterocycles. The summed E-state index contributed by atoms with van der Waals surface area (Å²) in [7, 11) is 0. The molecule has 0 spiro atoms. The monoisotopic (exact) mass is 294 g/mol. The van der Waals surface area contributed by atoms with E-state index in [4.69, 9.17) is 28.9 Å². The first-order chi connectivity index (χ1) is 9.10. The molecule has 0 aromatic heterocycles. The second-order valence-corrected chi connectivity index (χ2v) is 4.85. The van der Waals surface area contributed by atoms with Gasteiger partial charge in [-0.1, -0.05) is 41.4 Å². The Morgan fingerprint density at radius 3 is 2.37 bits per heavy atom. The molecule has 2 aromatic rings. The Morgan fingerprint density at radius 2 is 1.74 bits per heavy atom. The average Bonchev–Trinajstić information content (AvgIpc) is 2.37. The van der Waals surface area contributed by atoms with Crippen LogP contribution in [0.3, 0.4) is 0 Å². The topological polar surface area (TPSA) is 55.1 Å². The van der Waals surface area contributed by atoms with Gasteiger partial charge in [0.15, 0.2) is 0 Å². The Bertz CT molecular complexity index is 594. The molecular formula is C14H12Cl2N2O. The number of rotatable bonds is 3. The second-order valence-electron chi connectivity index (χ2n) is 3.97. The van der Waals surface area contributed by atoms with Crippen LogP contribution in [0.5, 0.6) is 0 Å². The van der Waals surface area contributed by atoms with Gasteiger partial charge in [0.25, 0.3) is 5.91 Å². The van der Waals surface area contributed by atoms with Crippen molar-refractivity contribution in [2.45, 2.75) is 6.54 Å². The molecule has 0 saturated carbocycles. The first kappa shape index (κ1) is 13.9. The second kappa shape index (κ2) is 6.06. The minimum atomic E-state index is -0.237. The van der Waals surface area contributed by atoms with Crippen molar-refractivity contribution in [2.75, 3.05) is 5.32 Å². The summed E-state index contributed by atoms with van der Waals surface area (Å²) in [6.07, 6.45) is 0. The fourth-order valence-corrected chi connectivity index (χ4v) is 2.27. The van der Waals surface area contributed by atoms with Gasteiger partial charge in [-0.05, 0) is 29.8 Å². The number of anilines is 1. The van der Waals surface area contributed by atoms with Crippen LogP contribution in [0.15, 0.2) is 42.5 Å². The SMILES string of the molecule is NCc1ccccc1C(=O)Nc1cc(Cl)cc(Cl)c1. The molecule has 0 aliphatic carbocycles. The molecule has 98 valence electrons. The van der Waals surface area contributed by atoms with Crippen molar-refractivity contribution in [3.8, 4) is 0 Å². The number of hydrogen-bond donors (Lipinski definition) is 2. The Hall–Kier alpha value is -1.55. The van der Waals surface area contributed by atoms with Crippen molar-refractivity contribution in [3.63, 3.8) is 0 Å². The number of benzene rings is 2. The van der Waals surface area contributed by atoms with Crippen molar-refractivity contribution in [3.05, 3.63) is 63.6 Å². The molecule has 0 saturated heterocycles. The van der Waals surface area contributed by atoms with E-state index in [1.165, 1.54) is 0 Å². The maximum atomic E-state index is 12.2. The third-order valence-corrected chi connectivity index (χ3v) is 3.04. The number of carbonyl (C=O) groups excluding carboxylic acids is 1. The highest BCUT2D eigenvalue weighted by molar-refractivity contribution is 6.35. The summed E-state index contributed by atoms with van der Waals surface area (Å²) in [6.45, 7) is 0.305. The van der Waals surface area contributed by atoms with Crippen LogP contribution in [0, 0.1) is 0 Å². The molecule has 3 N–H and O–H groups in total.